The standard InChI is InChI=1S/C32H48P2/c1-29(2)17-11-18-30(3,4)33(29)23-25-13-9-15-27(21-25)28-16-10-14-26(22-28)24-34-31(5,6)19-12-20-32(34,7)8/h9-10,13-16,21-22H,11-12,17-20,23-24H2,1-8H3. The first-order chi connectivity index (χ1) is 15.8. The van der Waals surface area contributed by atoms with E-state index in [0.717, 1.165) is 0 Å². The van der Waals surface area contributed by atoms with Gasteiger partial charge in [0.25, 0.3) is 0 Å². The van der Waals surface area contributed by atoms with Gasteiger partial charge in [0.15, 0.2) is 0 Å². The van der Waals surface area contributed by atoms with Gasteiger partial charge < -0.3 is 0 Å². The molecule has 0 saturated carbocycles. The Morgan fingerprint density at radius 3 is 1.18 bits per heavy atom. The second kappa shape index (κ2) is 9.64. The highest BCUT2D eigenvalue weighted by Crippen LogP contribution is 2.68. The minimum atomic E-state index is -0.0529. The Kier molecular flexibility index (Phi) is 7.47. The SMILES string of the molecule is CC1(C)CCCC(C)(C)P1Cc1cccc(-c2cccc(CP3C(C)(C)CCCC3(C)C)c2)c1. The zero-order valence-corrected chi connectivity index (χ0v) is 25.0. The maximum Gasteiger partial charge on any atom is -0.00633 e. The highest BCUT2D eigenvalue weighted by atomic mass is 31.1. The minimum Gasteiger partial charge on any atom is -0.0906 e. The summed E-state index contributed by atoms with van der Waals surface area (Å²) < 4.78 is 0. The smallest absolute Gasteiger partial charge is 0.00633 e. The van der Waals surface area contributed by atoms with Crippen LogP contribution in [0.3, 0.4) is 0 Å². The second-order valence-corrected chi connectivity index (χ2v) is 20.7. The van der Waals surface area contributed by atoms with Gasteiger partial charge in [-0.1, -0.05) is 133 Å². The lowest BCUT2D eigenvalue weighted by atomic mass is 9.98. The summed E-state index contributed by atoms with van der Waals surface area (Å²) in [4.78, 5) is 0. The van der Waals surface area contributed by atoms with E-state index in [9.17, 15) is 0 Å². The average Bonchev–Trinajstić information content (AvgIpc) is 2.73. The van der Waals surface area contributed by atoms with Crippen LogP contribution in [0, 0.1) is 0 Å². The third kappa shape index (κ3) is 5.65. The largest absolute Gasteiger partial charge is 0.0906 e. The van der Waals surface area contributed by atoms with Gasteiger partial charge >= 0.3 is 0 Å². The van der Waals surface area contributed by atoms with E-state index in [1.54, 1.807) is 0 Å². The summed E-state index contributed by atoms with van der Waals surface area (Å²) in [5.41, 5.74) is 5.88. The van der Waals surface area contributed by atoms with Gasteiger partial charge in [-0.2, -0.15) is 0 Å². The lowest BCUT2D eigenvalue weighted by Crippen LogP contribution is -2.35. The van der Waals surface area contributed by atoms with Crippen molar-refractivity contribution in [1.82, 2.24) is 0 Å². The zero-order chi connectivity index (χ0) is 24.8. The van der Waals surface area contributed by atoms with Crippen molar-refractivity contribution in [3.05, 3.63) is 59.7 Å². The molecule has 2 heteroatoms. The molecule has 0 N–H and O–H groups in total. The highest BCUT2D eigenvalue weighted by Gasteiger charge is 2.44. The molecule has 0 unspecified atom stereocenters. The predicted octanol–water partition coefficient (Wildman–Crippen LogP) is 10.8. The quantitative estimate of drug-likeness (QED) is 0.363. The lowest BCUT2D eigenvalue weighted by molar-refractivity contribution is 0.465. The Morgan fingerprint density at radius 2 is 0.853 bits per heavy atom. The van der Waals surface area contributed by atoms with Gasteiger partial charge in [-0.05, 0) is 80.9 Å². The van der Waals surface area contributed by atoms with Crippen molar-refractivity contribution >= 4 is 15.8 Å². The summed E-state index contributed by atoms with van der Waals surface area (Å²) >= 11 is 0. The van der Waals surface area contributed by atoms with Gasteiger partial charge in [-0.25, -0.2) is 0 Å². The maximum absolute atomic E-state index is 2.53. The molecule has 2 saturated heterocycles. The molecule has 0 radical (unpaired) electrons. The lowest BCUT2D eigenvalue weighted by Gasteiger charge is -2.50. The molecule has 0 aromatic heterocycles. The monoisotopic (exact) mass is 494 g/mol. The van der Waals surface area contributed by atoms with E-state index < -0.39 is 0 Å². The fourth-order valence-corrected chi connectivity index (χ4v) is 14.8. The fourth-order valence-electron chi connectivity index (χ4n) is 7.01. The van der Waals surface area contributed by atoms with Gasteiger partial charge in [0, 0.05) is 0 Å². The molecule has 2 heterocycles. The maximum atomic E-state index is 2.53. The first-order valence-corrected chi connectivity index (χ1v) is 16.6. The molecule has 0 spiro atoms. The Morgan fingerprint density at radius 1 is 0.529 bits per heavy atom. The van der Waals surface area contributed by atoms with Crippen LogP contribution in [-0.4, -0.2) is 20.6 Å². The number of rotatable bonds is 5. The summed E-state index contributed by atoms with van der Waals surface area (Å²) in [6, 6.07) is 19.0. The summed E-state index contributed by atoms with van der Waals surface area (Å²) in [6.45, 7) is 20.2. The molecule has 0 aliphatic carbocycles. The Bertz CT molecular complexity index is 884. The van der Waals surface area contributed by atoms with Crippen LogP contribution < -0.4 is 0 Å². The number of benzene rings is 2. The molecular formula is C32H48P2. The van der Waals surface area contributed by atoms with Gasteiger partial charge in [0.2, 0.25) is 0 Å². The van der Waals surface area contributed by atoms with E-state index >= 15 is 0 Å². The molecule has 0 atom stereocenters. The van der Waals surface area contributed by atoms with E-state index in [-0.39, 0.29) is 15.8 Å². The van der Waals surface area contributed by atoms with Crippen LogP contribution in [0.25, 0.3) is 11.1 Å². The van der Waals surface area contributed by atoms with Crippen molar-refractivity contribution in [2.45, 2.75) is 127 Å². The first kappa shape index (κ1) is 26.4. The van der Waals surface area contributed by atoms with Crippen LogP contribution in [0.2, 0.25) is 0 Å². The molecule has 2 aliphatic rings. The topological polar surface area (TPSA) is 0 Å². The normalized spacial score (nSPS) is 24.1. The Hall–Kier alpha value is -0.700. The predicted molar refractivity (Wildman–Crippen MR) is 157 cm³/mol. The van der Waals surface area contributed by atoms with Gasteiger partial charge in [0.05, 0.1) is 0 Å². The number of hydrogen-bond acceptors (Lipinski definition) is 0. The average molecular weight is 495 g/mol. The first-order valence-electron chi connectivity index (χ1n) is 13.5. The molecule has 0 amide bonds. The minimum absolute atomic E-state index is 0.0529. The van der Waals surface area contributed by atoms with Gasteiger partial charge in [-0.15, -0.1) is 0 Å². The van der Waals surface area contributed by atoms with Gasteiger partial charge in [-0.3, -0.25) is 0 Å². The van der Waals surface area contributed by atoms with Crippen LogP contribution >= 0.6 is 15.8 Å². The van der Waals surface area contributed by atoms with Crippen LogP contribution in [0.5, 0.6) is 0 Å². The third-order valence-electron chi connectivity index (χ3n) is 8.95. The number of hydrogen-bond donors (Lipinski definition) is 0. The van der Waals surface area contributed by atoms with Crippen molar-refractivity contribution in [2.75, 3.05) is 0 Å². The zero-order valence-electron chi connectivity index (χ0n) is 23.2. The summed E-state index contributed by atoms with van der Waals surface area (Å²) in [5.74, 6) is 0. The van der Waals surface area contributed by atoms with E-state index in [4.69, 9.17) is 0 Å². The van der Waals surface area contributed by atoms with Crippen LogP contribution in [0.4, 0.5) is 0 Å². The van der Waals surface area contributed by atoms with Crippen molar-refractivity contribution in [3.63, 3.8) is 0 Å². The molecule has 4 rings (SSSR count). The van der Waals surface area contributed by atoms with Crippen molar-refractivity contribution in [1.29, 1.82) is 0 Å². The molecule has 186 valence electrons. The van der Waals surface area contributed by atoms with E-state index in [2.05, 4.69) is 104 Å². The second-order valence-electron chi connectivity index (χ2n) is 13.5. The van der Waals surface area contributed by atoms with Crippen molar-refractivity contribution in [3.8, 4) is 11.1 Å². The van der Waals surface area contributed by atoms with E-state index in [1.807, 2.05) is 0 Å². The molecule has 34 heavy (non-hydrogen) atoms. The molecular weight excluding hydrogens is 446 g/mol. The van der Waals surface area contributed by atoms with Crippen LogP contribution in [-0.2, 0) is 12.3 Å². The summed E-state index contributed by atoms with van der Waals surface area (Å²) in [6.07, 6.45) is 10.9. The Labute approximate surface area is 213 Å². The third-order valence-corrected chi connectivity index (χ3v) is 17.0. The molecule has 2 aromatic rings. The van der Waals surface area contributed by atoms with E-state index in [1.165, 1.54) is 73.1 Å². The van der Waals surface area contributed by atoms with Gasteiger partial charge in [0.1, 0.15) is 0 Å². The molecule has 2 aromatic carbocycles. The molecule has 0 nitrogen and oxygen atoms in total. The summed E-state index contributed by atoms with van der Waals surface area (Å²) in [7, 11) is -0.106. The van der Waals surface area contributed by atoms with Crippen LogP contribution in [0.15, 0.2) is 48.5 Å². The summed E-state index contributed by atoms with van der Waals surface area (Å²) in [5, 5.41) is 1.92. The Balaban J connectivity index is 1.57. The molecule has 2 aliphatic heterocycles. The molecule has 2 fully saturated rings. The molecule has 0 bridgehead atoms. The van der Waals surface area contributed by atoms with Crippen molar-refractivity contribution < 1.29 is 0 Å². The highest BCUT2D eigenvalue weighted by molar-refractivity contribution is 7.60. The van der Waals surface area contributed by atoms with Crippen molar-refractivity contribution in [2.24, 2.45) is 0 Å². The fraction of sp³-hybridized carbons (Fsp3) is 0.625. The van der Waals surface area contributed by atoms with Crippen LogP contribution in [0.1, 0.15) is 105 Å². The van der Waals surface area contributed by atoms with E-state index in [0.29, 0.717) is 20.6 Å².